The van der Waals surface area contributed by atoms with Gasteiger partial charge in [0.2, 0.25) is 5.95 Å². The van der Waals surface area contributed by atoms with Gasteiger partial charge < -0.3 is 4.74 Å². The number of hydrogen-bond acceptors (Lipinski definition) is 7. The molecule has 0 bridgehead atoms. The molecule has 3 aromatic heterocycles. The first-order valence-electron chi connectivity index (χ1n) is 10.3. The van der Waals surface area contributed by atoms with Crippen molar-refractivity contribution in [2.75, 3.05) is 11.5 Å². The minimum Gasteiger partial charge on any atom is -0.449 e. The topological polar surface area (TPSA) is 104 Å². The molecule has 4 aromatic rings. The smallest absolute Gasteiger partial charge is 0.421 e. The maximum Gasteiger partial charge on any atom is 0.421 e. The summed E-state index contributed by atoms with van der Waals surface area (Å²) in [6.45, 7) is 2.35. The van der Waals surface area contributed by atoms with Crippen LogP contribution >= 0.6 is 0 Å². The highest BCUT2D eigenvalue weighted by atomic mass is 16.6. The Kier molecular flexibility index (Phi) is 6.20. The van der Waals surface area contributed by atoms with Gasteiger partial charge in [-0.1, -0.05) is 31.5 Å². The van der Waals surface area contributed by atoms with Crippen LogP contribution in [-0.2, 0) is 18.8 Å². The summed E-state index contributed by atoms with van der Waals surface area (Å²) in [5.41, 5.74) is 1.96. The van der Waals surface area contributed by atoms with E-state index >= 15 is 0 Å². The van der Waals surface area contributed by atoms with Crippen molar-refractivity contribution in [1.82, 2.24) is 34.5 Å². The lowest BCUT2D eigenvalue weighted by Crippen LogP contribution is -2.29. The largest absolute Gasteiger partial charge is 0.449 e. The third kappa shape index (κ3) is 4.34. The van der Waals surface area contributed by atoms with Gasteiger partial charge in [0.05, 0.1) is 12.3 Å². The Balaban J connectivity index is 1.87. The Morgan fingerprint density at radius 3 is 2.00 bits per heavy atom. The van der Waals surface area contributed by atoms with Crippen LogP contribution in [0.2, 0.25) is 0 Å². The molecule has 1 amide bonds. The molecule has 10 heteroatoms. The molecular weight excluding hydrogens is 408 g/mol. The Morgan fingerprint density at radius 1 is 0.906 bits per heavy atom. The number of benzene rings is 1. The zero-order valence-electron chi connectivity index (χ0n) is 18.2. The number of aryl methyl sites for hydroxylation is 2. The first kappa shape index (κ1) is 21.2. The molecule has 0 aliphatic heterocycles. The van der Waals surface area contributed by atoms with Crippen LogP contribution in [0.3, 0.4) is 0 Å². The van der Waals surface area contributed by atoms with E-state index in [4.69, 9.17) is 4.74 Å². The Morgan fingerprint density at radius 2 is 1.50 bits per heavy atom. The standard InChI is InChI=1S/C22H24N8O2/c1-4-5-15-32-22(31)30(16-9-7-6-8-10-16)21-26-19(17-11-13-23-28(17)2)25-20(27-21)18-12-14-24-29(18)3/h6-14H,4-5,15H2,1-3H3. The van der Waals surface area contributed by atoms with E-state index in [1.807, 2.05) is 25.1 Å². The van der Waals surface area contributed by atoms with E-state index in [1.165, 1.54) is 4.90 Å². The number of ether oxygens (including phenoxy) is 1. The third-order valence-corrected chi connectivity index (χ3v) is 4.84. The van der Waals surface area contributed by atoms with E-state index in [2.05, 4.69) is 25.1 Å². The molecule has 1 aromatic carbocycles. The molecule has 0 aliphatic rings. The Labute approximate surface area is 185 Å². The molecule has 3 heterocycles. The number of para-hydroxylation sites is 1. The van der Waals surface area contributed by atoms with Gasteiger partial charge in [-0.25, -0.2) is 14.7 Å². The van der Waals surface area contributed by atoms with Gasteiger partial charge in [-0.2, -0.15) is 20.2 Å². The second-order valence-electron chi connectivity index (χ2n) is 7.10. The van der Waals surface area contributed by atoms with Gasteiger partial charge in [0, 0.05) is 26.5 Å². The molecule has 0 radical (unpaired) electrons. The molecule has 32 heavy (non-hydrogen) atoms. The van der Waals surface area contributed by atoms with Crippen molar-refractivity contribution < 1.29 is 9.53 Å². The van der Waals surface area contributed by atoms with Crippen LogP contribution in [0.1, 0.15) is 19.8 Å². The highest BCUT2D eigenvalue weighted by Gasteiger charge is 2.25. The first-order chi connectivity index (χ1) is 15.6. The van der Waals surface area contributed by atoms with Crippen molar-refractivity contribution in [1.29, 1.82) is 0 Å². The molecule has 0 N–H and O–H groups in total. The van der Waals surface area contributed by atoms with Gasteiger partial charge in [0.25, 0.3) is 0 Å². The van der Waals surface area contributed by atoms with Crippen molar-refractivity contribution in [3.8, 4) is 23.0 Å². The molecule has 4 rings (SSSR count). The quantitative estimate of drug-likeness (QED) is 0.410. The zero-order valence-corrected chi connectivity index (χ0v) is 18.2. The average Bonchev–Trinajstić information content (AvgIpc) is 3.42. The Bertz CT molecular complexity index is 1140. The van der Waals surface area contributed by atoms with Gasteiger partial charge in [0.15, 0.2) is 11.6 Å². The maximum absolute atomic E-state index is 13.1. The molecule has 0 saturated carbocycles. The number of aromatic nitrogens is 7. The molecule has 0 atom stereocenters. The van der Waals surface area contributed by atoms with Crippen molar-refractivity contribution in [3.63, 3.8) is 0 Å². The lowest BCUT2D eigenvalue weighted by atomic mass is 10.3. The fourth-order valence-electron chi connectivity index (χ4n) is 3.13. The molecular formula is C22H24N8O2. The summed E-state index contributed by atoms with van der Waals surface area (Å²) in [4.78, 5) is 28.3. The maximum atomic E-state index is 13.1. The Hall–Kier alpha value is -4.08. The fraction of sp³-hybridized carbons (Fsp3) is 0.273. The van der Waals surface area contributed by atoms with Crippen LogP contribution in [0.25, 0.3) is 23.0 Å². The van der Waals surface area contributed by atoms with Crippen molar-refractivity contribution in [3.05, 3.63) is 54.9 Å². The highest BCUT2D eigenvalue weighted by Crippen LogP contribution is 2.27. The predicted molar refractivity (Wildman–Crippen MR) is 119 cm³/mol. The molecule has 0 aliphatic carbocycles. The third-order valence-electron chi connectivity index (χ3n) is 4.84. The lowest BCUT2D eigenvalue weighted by Gasteiger charge is -2.21. The van der Waals surface area contributed by atoms with E-state index in [9.17, 15) is 4.79 Å². The van der Waals surface area contributed by atoms with E-state index in [0.29, 0.717) is 35.3 Å². The summed E-state index contributed by atoms with van der Waals surface area (Å²) in [7, 11) is 3.60. The van der Waals surface area contributed by atoms with Crippen LogP contribution < -0.4 is 4.90 Å². The minimum absolute atomic E-state index is 0.153. The van der Waals surface area contributed by atoms with Gasteiger partial charge in [-0.05, 0) is 30.7 Å². The number of amides is 1. The van der Waals surface area contributed by atoms with Crippen LogP contribution in [0.5, 0.6) is 0 Å². The number of carbonyl (C=O) groups excluding carboxylic acids is 1. The second kappa shape index (κ2) is 9.38. The van der Waals surface area contributed by atoms with Gasteiger partial charge in [-0.3, -0.25) is 9.36 Å². The van der Waals surface area contributed by atoms with Gasteiger partial charge in [-0.15, -0.1) is 0 Å². The molecule has 0 saturated heterocycles. The summed E-state index contributed by atoms with van der Waals surface area (Å²) in [5, 5.41) is 8.43. The average molecular weight is 432 g/mol. The number of carbonyl (C=O) groups is 1. The van der Waals surface area contributed by atoms with Crippen molar-refractivity contribution >= 4 is 17.7 Å². The lowest BCUT2D eigenvalue weighted by molar-refractivity contribution is 0.154. The van der Waals surface area contributed by atoms with Crippen molar-refractivity contribution in [2.24, 2.45) is 14.1 Å². The summed E-state index contributed by atoms with van der Waals surface area (Å²) < 4.78 is 8.84. The SMILES string of the molecule is CCCCOC(=O)N(c1ccccc1)c1nc(-c2ccnn2C)nc(-c2ccnn2C)n1. The number of nitrogens with zero attached hydrogens (tertiary/aromatic N) is 8. The summed E-state index contributed by atoms with van der Waals surface area (Å²) >= 11 is 0. The highest BCUT2D eigenvalue weighted by molar-refractivity contribution is 5.94. The summed E-state index contributed by atoms with van der Waals surface area (Å²) in [6.07, 6.45) is 4.46. The van der Waals surface area contributed by atoms with Crippen LogP contribution in [0.15, 0.2) is 54.9 Å². The first-order valence-corrected chi connectivity index (χ1v) is 10.3. The molecule has 10 nitrogen and oxygen atoms in total. The summed E-state index contributed by atoms with van der Waals surface area (Å²) in [6, 6.07) is 12.8. The van der Waals surface area contributed by atoms with E-state index < -0.39 is 6.09 Å². The van der Waals surface area contributed by atoms with E-state index in [1.54, 1.807) is 60.1 Å². The predicted octanol–water partition coefficient (Wildman–Crippen LogP) is 3.75. The van der Waals surface area contributed by atoms with Crippen LogP contribution in [0.4, 0.5) is 16.4 Å². The number of hydrogen-bond donors (Lipinski definition) is 0. The summed E-state index contributed by atoms with van der Waals surface area (Å²) in [5.74, 6) is 0.919. The molecule has 164 valence electrons. The van der Waals surface area contributed by atoms with Crippen molar-refractivity contribution in [2.45, 2.75) is 19.8 Å². The normalized spacial score (nSPS) is 10.8. The fourth-order valence-corrected chi connectivity index (χ4v) is 3.13. The molecule has 0 fully saturated rings. The molecule has 0 unspecified atom stereocenters. The monoisotopic (exact) mass is 432 g/mol. The van der Waals surface area contributed by atoms with Crippen LogP contribution in [0, 0.1) is 0 Å². The van der Waals surface area contributed by atoms with E-state index in [-0.39, 0.29) is 5.95 Å². The number of rotatable bonds is 7. The minimum atomic E-state index is -0.553. The number of unbranched alkanes of at least 4 members (excludes halogenated alkanes) is 1. The zero-order chi connectivity index (χ0) is 22.5. The van der Waals surface area contributed by atoms with Gasteiger partial charge >= 0.3 is 6.09 Å². The molecule has 0 spiro atoms. The number of anilines is 2. The van der Waals surface area contributed by atoms with Crippen LogP contribution in [-0.4, -0.2) is 47.2 Å². The van der Waals surface area contributed by atoms with Gasteiger partial charge in [0.1, 0.15) is 11.4 Å². The second-order valence-corrected chi connectivity index (χ2v) is 7.10. The van der Waals surface area contributed by atoms with E-state index in [0.717, 1.165) is 12.8 Å².